The van der Waals surface area contributed by atoms with Crippen LogP contribution in [0.2, 0.25) is 5.02 Å². The maximum atomic E-state index is 5.80. The van der Waals surface area contributed by atoms with Gasteiger partial charge in [0.2, 0.25) is 0 Å². The van der Waals surface area contributed by atoms with Crippen LogP contribution in [0.15, 0.2) is 42.9 Å². The minimum atomic E-state index is 0.583. The quantitative estimate of drug-likeness (QED) is 0.814. The molecule has 2 aromatic rings. The van der Waals surface area contributed by atoms with Crippen LogP contribution in [0.4, 0.5) is 5.82 Å². The molecule has 0 spiro atoms. The molecule has 0 unspecified atom stereocenters. The van der Waals surface area contributed by atoms with Gasteiger partial charge in [0.1, 0.15) is 5.82 Å². The second-order valence-corrected chi connectivity index (χ2v) is 4.13. The van der Waals surface area contributed by atoms with Gasteiger partial charge in [-0.1, -0.05) is 23.7 Å². The summed E-state index contributed by atoms with van der Waals surface area (Å²) in [6, 6.07) is 7.63. The van der Waals surface area contributed by atoms with E-state index in [9.17, 15) is 0 Å². The second-order valence-electron chi connectivity index (χ2n) is 3.70. The van der Waals surface area contributed by atoms with Crippen LogP contribution >= 0.6 is 11.6 Å². The number of aromatic nitrogens is 2. The molecule has 1 heterocycles. The standard InChI is InChI=1S/C13H14ClN3O/c14-12-3-1-11(2-4-12)10-18-8-7-17-13-9-15-5-6-16-13/h1-6,9H,7-8,10H2,(H,16,17). The van der Waals surface area contributed by atoms with Gasteiger partial charge in [0.25, 0.3) is 0 Å². The summed E-state index contributed by atoms with van der Waals surface area (Å²) in [4.78, 5) is 8.06. The monoisotopic (exact) mass is 263 g/mol. The van der Waals surface area contributed by atoms with Gasteiger partial charge in [-0.25, -0.2) is 4.98 Å². The molecule has 0 atom stereocenters. The van der Waals surface area contributed by atoms with Crippen molar-refractivity contribution < 1.29 is 4.74 Å². The molecule has 0 saturated carbocycles. The van der Waals surface area contributed by atoms with E-state index in [1.165, 1.54) is 0 Å². The van der Waals surface area contributed by atoms with Crippen LogP contribution in [0.25, 0.3) is 0 Å². The Balaban J connectivity index is 1.63. The summed E-state index contributed by atoms with van der Waals surface area (Å²) < 4.78 is 5.53. The first-order valence-corrected chi connectivity index (χ1v) is 6.04. The predicted molar refractivity (Wildman–Crippen MR) is 71.6 cm³/mol. The van der Waals surface area contributed by atoms with Crippen molar-refractivity contribution in [3.63, 3.8) is 0 Å². The van der Waals surface area contributed by atoms with Gasteiger partial charge in [0, 0.05) is 24.0 Å². The Hall–Kier alpha value is -1.65. The highest BCUT2D eigenvalue weighted by Gasteiger charge is 1.95. The first kappa shape index (κ1) is 12.8. The molecule has 0 saturated heterocycles. The summed E-state index contributed by atoms with van der Waals surface area (Å²) in [6.07, 6.45) is 4.97. The smallest absolute Gasteiger partial charge is 0.144 e. The topological polar surface area (TPSA) is 47.0 Å². The van der Waals surface area contributed by atoms with Crippen molar-refractivity contribution in [2.45, 2.75) is 6.61 Å². The van der Waals surface area contributed by atoms with Crippen molar-refractivity contribution in [1.29, 1.82) is 0 Å². The molecule has 0 aliphatic rings. The zero-order chi connectivity index (χ0) is 12.6. The van der Waals surface area contributed by atoms with Crippen molar-refractivity contribution in [3.8, 4) is 0 Å². The molecule has 2 rings (SSSR count). The number of rotatable bonds is 6. The van der Waals surface area contributed by atoms with Gasteiger partial charge in [-0.05, 0) is 17.7 Å². The highest BCUT2D eigenvalue weighted by atomic mass is 35.5. The number of anilines is 1. The van der Waals surface area contributed by atoms with E-state index in [2.05, 4.69) is 15.3 Å². The highest BCUT2D eigenvalue weighted by molar-refractivity contribution is 6.30. The SMILES string of the molecule is Clc1ccc(COCCNc2cnccn2)cc1. The number of ether oxygens (including phenoxy) is 1. The van der Waals surface area contributed by atoms with Crippen LogP contribution in [0, 0.1) is 0 Å². The molecule has 1 aromatic heterocycles. The highest BCUT2D eigenvalue weighted by Crippen LogP contribution is 2.10. The lowest BCUT2D eigenvalue weighted by molar-refractivity contribution is 0.130. The Labute approximate surface area is 111 Å². The van der Waals surface area contributed by atoms with Gasteiger partial charge in [-0.15, -0.1) is 0 Å². The third-order valence-corrected chi connectivity index (χ3v) is 2.55. The molecule has 0 bridgehead atoms. The number of nitrogens with one attached hydrogen (secondary N) is 1. The molecule has 1 aromatic carbocycles. The summed E-state index contributed by atoms with van der Waals surface area (Å²) in [5, 5.41) is 3.86. The van der Waals surface area contributed by atoms with Crippen LogP contribution in [-0.4, -0.2) is 23.1 Å². The first-order valence-electron chi connectivity index (χ1n) is 5.67. The zero-order valence-electron chi connectivity index (χ0n) is 9.84. The van der Waals surface area contributed by atoms with E-state index >= 15 is 0 Å². The van der Waals surface area contributed by atoms with Crippen LogP contribution in [0.1, 0.15) is 5.56 Å². The maximum Gasteiger partial charge on any atom is 0.144 e. The molecule has 0 aliphatic heterocycles. The van der Waals surface area contributed by atoms with Gasteiger partial charge in [0.05, 0.1) is 19.4 Å². The number of halogens is 1. The molecule has 5 heteroatoms. The summed E-state index contributed by atoms with van der Waals surface area (Å²) >= 11 is 5.80. The Morgan fingerprint density at radius 1 is 1.17 bits per heavy atom. The average molecular weight is 264 g/mol. The Bertz CT molecular complexity index is 461. The Kier molecular flexibility index (Phi) is 4.93. The fraction of sp³-hybridized carbons (Fsp3) is 0.231. The minimum absolute atomic E-state index is 0.583. The number of hydrogen-bond donors (Lipinski definition) is 1. The van der Waals surface area contributed by atoms with E-state index in [-0.39, 0.29) is 0 Å². The molecule has 0 fully saturated rings. The Morgan fingerprint density at radius 2 is 2.00 bits per heavy atom. The van der Waals surface area contributed by atoms with Crippen LogP contribution in [0.3, 0.4) is 0 Å². The summed E-state index contributed by atoms with van der Waals surface area (Å²) in [7, 11) is 0. The van der Waals surface area contributed by atoms with Crippen molar-refractivity contribution >= 4 is 17.4 Å². The molecular weight excluding hydrogens is 250 g/mol. The van der Waals surface area contributed by atoms with Crippen molar-refractivity contribution in [2.75, 3.05) is 18.5 Å². The van der Waals surface area contributed by atoms with E-state index in [0.29, 0.717) is 19.8 Å². The summed E-state index contributed by atoms with van der Waals surface area (Å²) in [6.45, 7) is 1.89. The lowest BCUT2D eigenvalue weighted by Gasteiger charge is -2.06. The predicted octanol–water partition coefficient (Wildman–Crippen LogP) is 2.76. The number of nitrogens with zero attached hydrogens (tertiary/aromatic N) is 2. The molecule has 0 aliphatic carbocycles. The summed E-state index contributed by atoms with van der Waals surface area (Å²) in [5.74, 6) is 0.757. The molecule has 18 heavy (non-hydrogen) atoms. The molecule has 94 valence electrons. The van der Waals surface area contributed by atoms with Gasteiger partial charge in [-0.3, -0.25) is 4.98 Å². The van der Waals surface area contributed by atoms with Crippen LogP contribution < -0.4 is 5.32 Å². The third kappa shape index (κ3) is 4.31. The largest absolute Gasteiger partial charge is 0.375 e. The third-order valence-electron chi connectivity index (χ3n) is 2.30. The van der Waals surface area contributed by atoms with E-state index in [1.807, 2.05) is 24.3 Å². The average Bonchev–Trinajstić information content (AvgIpc) is 2.42. The van der Waals surface area contributed by atoms with Gasteiger partial charge >= 0.3 is 0 Å². The van der Waals surface area contributed by atoms with Crippen molar-refractivity contribution in [3.05, 3.63) is 53.4 Å². The molecule has 1 N–H and O–H groups in total. The van der Waals surface area contributed by atoms with Crippen molar-refractivity contribution in [2.24, 2.45) is 0 Å². The lowest BCUT2D eigenvalue weighted by Crippen LogP contribution is -2.10. The van der Waals surface area contributed by atoms with Crippen LogP contribution in [-0.2, 0) is 11.3 Å². The molecule has 0 amide bonds. The van der Waals surface area contributed by atoms with E-state index in [4.69, 9.17) is 16.3 Å². The maximum absolute atomic E-state index is 5.80. The number of benzene rings is 1. The van der Waals surface area contributed by atoms with Crippen molar-refractivity contribution in [1.82, 2.24) is 9.97 Å². The van der Waals surface area contributed by atoms with Crippen LogP contribution in [0.5, 0.6) is 0 Å². The molecule has 4 nitrogen and oxygen atoms in total. The van der Waals surface area contributed by atoms with E-state index in [0.717, 1.165) is 16.4 Å². The normalized spacial score (nSPS) is 10.3. The van der Waals surface area contributed by atoms with E-state index in [1.54, 1.807) is 18.6 Å². The summed E-state index contributed by atoms with van der Waals surface area (Å²) in [5.41, 5.74) is 1.11. The fourth-order valence-corrected chi connectivity index (χ4v) is 1.54. The molecule has 0 radical (unpaired) electrons. The van der Waals surface area contributed by atoms with Gasteiger partial charge < -0.3 is 10.1 Å². The lowest BCUT2D eigenvalue weighted by atomic mass is 10.2. The number of hydrogen-bond acceptors (Lipinski definition) is 4. The zero-order valence-corrected chi connectivity index (χ0v) is 10.6. The first-order chi connectivity index (χ1) is 8.84. The van der Waals surface area contributed by atoms with E-state index < -0.39 is 0 Å². The van der Waals surface area contributed by atoms with Gasteiger partial charge in [0.15, 0.2) is 0 Å². The minimum Gasteiger partial charge on any atom is -0.375 e. The van der Waals surface area contributed by atoms with Gasteiger partial charge in [-0.2, -0.15) is 0 Å². The fourth-order valence-electron chi connectivity index (χ4n) is 1.41. The molecular formula is C13H14ClN3O. The second kappa shape index (κ2) is 6.93. The Morgan fingerprint density at radius 3 is 2.72 bits per heavy atom.